The van der Waals surface area contributed by atoms with Crippen molar-refractivity contribution in [3.8, 4) is 11.5 Å². The van der Waals surface area contributed by atoms with Gasteiger partial charge in [0, 0.05) is 13.1 Å². The number of hydrogen-bond acceptors (Lipinski definition) is 4. The summed E-state index contributed by atoms with van der Waals surface area (Å²) in [4.78, 5) is 0. The molecule has 21 heavy (non-hydrogen) atoms. The molecule has 0 radical (unpaired) electrons. The van der Waals surface area contributed by atoms with E-state index < -0.39 is 0 Å². The van der Waals surface area contributed by atoms with Crippen LogP contribution < -0.4 is 14.8 Å². The molecule has 5 heteroatoms. The Hall–Kier alpha value is -2.01. The number of aromatic nitrogens is 2. The average molecular weight is 289 g/mol. The second kappa shape index (κ2) is 6.63. The van der Waals surface area contributed by atoms with Gasteiger partial charge in [-0.1, -0.05) is 6.07 Å². The van der Waals surface area contributed by atoms with Crippen LogP contribution in [-0.2, 0) is 13.7 Å². The Labute approximate surface area is 125 Å². The Morgan fingerprint density at radius 2 is 2.05 bits per heavy atom. The summed E-state index contributed by atoms with van der Waals surface area (Å²) in [6.07, 6.45) is 0. The molecule has 1 N–H and O–H groups in total. The van der Waals surface area contributed by atoms with E-state index in [1.807, 2.05) is 50.0 Å². The van der Waals surface area contributed by atoms with Gasteiger partial charge in [-0.3, -0.25) is 4.68 Å². The molecule has 1 heterocycles. The average Bonchev–Trinajstić information content (AvgIpc) is 2.82. The molecule has 5 nitrogen and oxygen atoms in total. The zero-order valence-corrected chi connectivity index (χ0v) is 13.3. The first kappa shape index (κ1) is 15.4. The first-order valence-electron chi connectivity index (χ1n) is 7.02. The van der Waals surface area contributed by atoms with Crippen molar-refractivity contribution in [2.75, 3.05) is 14.2 Å². The molecule has 1 atom stereocenters. The highest BCUT2D eigenvalue weighted by Crippen LogP contribution is 2.30. The predicted octanol–water partition coefficient (Wildman–Crippen LogP) is 2.60. The normalized spacial score (nSPS) is 12.2. The number of benzene rings is 1. The van der Waals surface area contributed by atoms with Gasteiger partial charge >= 0.3 is 0 Å². The van der Waals surface area contributed by atoms with Crippen LogP contribution >= 0.6 is 0 Å². The zero-order valence-electron chi connectivity index (χ0n) is 13.3. The van der Waals surface area contributed by atoms with Crippen molar-refractivity contribution in [2.24, 2.45) is 7.05 Å². The number of nitrogens with zero attached hydrogens (tertiary/aromatic N) is 2. The van der Waals surface area contributed by atoms with Gasteiger partial charge in [-0.15, -0.1) is 0 Å². The zero-order chi connectivity index (χ0) is 15.4. The fraction of sp³-hybridized carbons (Fsp3) is 0.438. The summed E-state index contributed by atoms with van der Waals surface area (Å²) in [6.45, 7) is 4.54. The largest absolute Gasteiger partial charge is 0.493 e. The number of rotatable bonds is 6. The predicted molar refractivity (Wildman–Crippen MR) is 82.7 cm³/mol. The molecule has 2 aromatic rings. The van der Waals surface area contributed by atoms with Crippen molar-refractivity contribution in [3.63, 3.8) is 0 Å². The summed E-state index contributed by atoms with van der Waals surface area (Å²) in [5.41, 5.74) is 3.18. The van der Waals surface area contributed by atoms with Gasteiger partial charge in [0.15, 0.2) is 11.5 Å². The number of methoxy groups -OCH3 is 1. The van der Waals surface area contributed by atoms with E-state index >= 15 is 0 Å². The summed E-state index contributed by atoms with van der Waals surface area (Å²) < 4.78 is 13.1. The molecule has 0 spiro atoms. The van der Waals surface area contributed by atoms with E-state index in [2.05, 4.69) is 17.3 Å². The van der Waals surface area contributed by atoms with Gasteiger partial charge < -0.3 is 14.8 Å². The molecule has 0 amide bonds. The molecule has 0 fully saturated rings. The third-order valence-corrected chi connectivity index (χ3v) is 3.60. The lowest BCUT2D eigenvalue weighted by atomic mass is 10.1. The Morgan fingerprint density at radius 1 is 1.29 bits per heavy atom. The van der Waals surface area contributed by atoms with Crippen LogP contribution in [-0.4, -0.2) is 23.9 Å². The van der Waals surface area contributed by atoms with E-state index in [9.17, 15) is 0 Å². The summed E-state index contributed by atoms with van der Waals surface area (Å²) in [6, 6.07) is 8.29. The maximum absolute atomic E-state index is 5.87. The maximum atomic E-state index is 5.87. The minimum Gasteiger partial charge on any atom is -0.493 e. The fourth-order valence-electron chi connectivity index (χ4n) is 2.19. The van der Waals surface area contributed by atoms with Crippen LogP contribution in [0.1, 0.15) is 29.9 Å². The molecule has 1 unspecified atom stereocenters. The minimum absolute atomic E-state index is 0.271. The molecule has 0 aliphatic carbocycles. The van der Waals surface area contributed by atoms with Gasteiger partial charge in [0.25, 0.3) is 0 Å². The summed E-state index contributed by atoms with van der Waals surface area (Å²) in [5.74, 6) is 1.48. The van der Waals surface area contributed by atoms with Crippen molar-refractivity contribution >= 4 is 0 Å². The van der Waals surface area contributed by atoms with E-state index in [1.165, 1.54) is 0 Å². The summed E-state index contributed by atoms with van der Waals surface area (Å²) in [5, 5.41) is 7.52. The van der Waals surface area contributed by atoms with Gasteiger partial charge in [-0.05, 0) is 44.7 Å². The second-order valence-corrected chi connectivity index (χ2v) is 5.11. The second-order valence-electron chi connectivity index (χ2n) is 5.11. The minimum atomic E-state index is 0.271. The van der Waals surface area contributed by atoms with Crippen LogP contribution in [0.3, 0.4) is 0 Å². The van der Waals surface area contributed by atoms with Gasteiger partial charge in [0.2, 0.25) is 0 Å². The Bertz CT molecular complexity index is 608. The van der Waals surface area contributed by atoms with Crippen molar-refractivity contribution < 1.29 is 9.47 Å². The smallest absolute Gasteiger partial charge is 0.161 e. The van der Waals surface area contributed by atoms with Crippen LogP contribution in [0.5, 0.6) is 11.5 Å². The SMILES string of the molecule is CNC(C)c1ccc(OCc2cc(C)nn2C)c(OC)c1. The summed E-state index contributed by atoms with van der Waals surface area (Å²) in [7, 11) is 5.51. The molecule has 0 saturated heterocycles. The van der Waals surface area contributed by atoms with Crippen LogP contribution in [0, 0.1) is 6.92 Å². The van der Waals surface area contributed by atoms with Crippen LogP contribution in [0.4, 0.5) is 0 Å². The maximum Gasteiger partial charge on any atom is 0.161 e. The van der Waals surface area contributed by atoms with Gasteiger partial charge in [0.05, 0.1) is 18.5 Å². The lowest BCUT2D eigenvalue weighted by molar-refractivity contribution is 0.275. The molecule has 0 saturated carbocycles. The fourth-order valence-corrected chi connectivity index (χ4v) is 2.19. The van der Waals surface area contributed by atoms with E-state index in [-0.39, 0.29) is 6.04 Å². The Kier molecular flexibility index (Phi) is 4.85. The number of hydrogen-bond donors (Lipinski definition) is 1. The highest BCUT2D eigenvalue weighted by Gasteiger charge is 2.10. The van der Waals surface area contributed by atoms with Crippen molar-refractivity contribution in [3.05, 3.63) is 41.2 Å². The number of aryl methyl sites for hydroxylation is 2. The van der Waals surface area contributed by atoms with E-state index in [1.54, 1.807) is 7.11 Å². The van der Waals surface area contributed by atoms with Crippen molar-refractivity contribution in [1.82, 2.24) is 15.1 Å². The monoisotopic (exact) mass is 289 g/mol. The van der Waals surface area contributed by atoms with Crippen molar-refractivity contribution in [1.29, 1.82) is 0 Å². The topological polar surface area (TPSA) is 48.3 Å². The van der Waals surface area contributed by atoms with Crippen LogP contribution in [0.2, 0.25) is 0 Å². The molecule has 1 aromatic carbocycles. The molecular weight excluding hydrogens is 266 g/mol. The molecule has 114 valence electrons. The molecule has 0 bridgehead atoms. The van der Waals surface area contributed by atoms with Gasteiger partial charge in [0.1, 0.15) is 6.61 Å². The highest BCUT2D eigenvalue weighted by molar-refractivity contribution is 5.43. The van der Waals surface area contributed by atoms with E-state index in [0.29, 0.717) is 6.61 Å². The highest BCUT2D eigenvalue weighted by atomic mass is 16.5. The quantitative estimate of drug-likeness (QED) is 0.888. The van der Waals surface area contributed by atoms with Gasteiger partial charge in [-0.2, -0.15) is 5.10 Å². The van der Waals surface area contributed by atoms with Gasteiger partial charge in [-0.25, -0.2) is 0 Å². The molecular formula is C16H23N3O2. The molecule has 0 aliphatic rings. The first-order chi connectivity index (χ1) is 10.0. The van der Waals surface area contributed by atoms with Crippen LogP contribution in [0.15, 0.2) is 24.3 Å². The summed E-state index contributed by atoms with van der Waals surface area (Å²) >= 11 is 0. The third-order valence-electron chi connectivity index (χ3n) is 3.60. The lowest BCUT2D eigenvalue weighted by Crippen LogP contribution is -2.12. The lowest BCUT2D eigenvalue weighted by Gasteiger charge is -2.15. The molecule has 2 rings (SSSR count). The Morgan fingerprint density at radius 3 is 2.62 bits per heavy atom. The number of ether oxygens (including phenoxy) is 2. The van der Waals surface area contributed by atoms with E-state index in [0.717, 1.165) is 28.5 Å². The Balaban J connectivity index is 2.14. The van der Waals surface area contributed by atoms with Crippen LogP contribution in [0.25, 0.3) is 0 Å². The standard InChI is InChI=1S/C16H23N3O2/c1-11-8-14(19(4)18-11)10-21-15-7-6-13(12(2)17-3)9-16(15)20-5/h6-9,12,17H,10H2,1-5H3. The number of nitrogens with one attached hydrogen (secondary N) is 1. The molecule has 1 aromatic heterocycles. The third kappa shape index (κ3) is 3.55. The van der Waals surface area contributed by atoms with E-state index in [4.69, 9.17) is 9.47 Å². The molecule has 0 aliphatic heterocycles. The van der Waals surface area contributed by atoms with Crippen molar-refractivity contribution in [2.45, 2.75) is 26.5 Å². The first-order valence-corrected chi connectivity index (χ1v) is 7.02.